The summed E-state index contributed by atoms with van der Waals surface area (Å²) in [5.41, 5.74) is 6.48. The Balaban J connectivity index is 3.01. The fourth-order valence-electron chi connectivity index (χ4n) is 1.04. The van der Waals surface area contributed by atoms with Gasteiger partial charge in [0.15, 0.2) is 5.11 Å². The highest BCUT2D eigenvalue weighted by Gasteiger charge is 2.14. The lowest BCUT2D eigenvalue weighted by Crippen LogP contribution is -2.24. The monoisotopic (exact) mass is 247 g/mol. The Morgan fingerprint density at radius 1 is 1.50 bits per heavy atom. The van der Waals surface area contributed by atoms with Crippen molar-refractivity contribution in [3.05, 3.63) is 35.1 Å². The van der Waals surface area contributed by atoms with E-state index in [1.807, 2.05) is 0 Å². The van der Waals surface area contributed by atoms with Gasteiger partial charge in [-0.05, 0) is 18.3 Å². The summed E-state index contributed by atoms with van der Waals surface area (Å²) in [7, 11) is 0. The molecule has 0 saturated carbocycles. The van der Waals surface area contributed by atoms with Crippen molar-refractivity contribution >= 4 is 23.5 Å². The summed E-state index contributed by atoms with van der Waals surface area (Å²) < 4.78 is 38.2. The molecule has 86 valence electrons. The summed E-state index contributed by atoms with van der Waals surface area (Å²) in [4.78, 5) is 0. The molecular weight excluding hydrogens is 239 g/mol. The molecular formula is C9H8F3N3S. The van der Waals surface area contributed by atoms with Crippen molar-refractivity contribution in [3.63, 3.8) is 0 Å². The normalized spacial score (nSPS) is 11.0. The average molecular weight is 247 g/mol. The molecule has 0 bridgehead atoms. The lowest BCUT2D eigenvalue weighted by Gasteiger charge is -2.05. The highest BCUT2D eigenvalue weighted by molar-refractivity contribution is 7.80. The zero-order chi connectivity index (χ0) is 12.1. The maximum absolute atomic E-state index is 13.2. The molecule has 0 aliphatic carbocycles. The van der Waals surface area contributed by atoms with Crippen LogP contribution >= 0.6 is 12.2 Å². The molecule has 0 unspecified atom stereocenters. The highest BCUT2D eigenvalue weighted by Crippen LogP contribution is 2.23. The largest absolute Gasteiger partial charge is 0.375 e. The van der Waals surface area contributed by atoms with Gasteiger partial charge in [0, 0.05) is 11.1 Å². The Kier molecular flexibility index (Phi) is 4.24. The molecule has 16 heavy (non-hydrogen) atoms. The third-order valence-electron chi connectivity index (χ3n) is 1.69. The van der Waals surface area contributed by atoms with Crippen molar-refractivity contribution in [3.8, 4) is 0 Å². The van der Waals surface area contributed by atoms with Crippen LogP contribution in [0.1, 0.15) is 17.6 Å². The Bertz CT molecular complexity index is 420. The first-order valence-electron chi connectivity index (χ1n) is 4.17. The maximum atomic E-state index is 13.2. The van der Waals surface area contributed by atoms with E-state index >= 15 is 0 Å². The van der Waals surface area contributed by atoms with Gasteiger partial charge in [0.2, 0.25) is 0 Å². The third kappa shape index (κ3) is 3.20. The molecule has 1 aromatic carbocycles. The summed E-state index contributed by atoms with van der Waals surface area (Å²) >= 11 is 4.44. The van der Waals surface area contributed by atoms with Gasteiger partial charge in [-0.15, -0.1) is 0 Å². The van der Waals surface area contributed by atoms with Crippen LogP contribution in [0, 0.1) is 5.82 Å². The van der Waals surface area contributed by atoms with Crippen molar-refractivity contribution in [1.82, 2.24) is 5.43 Å². The van der Waals surface area contributed by atoms with E-state index in [0.29, 0.717) is 0 Å². The van der Waals surface area contributed by atoms with E-state index in [-0.39, 0.29) is 10.7 Å². The molecule has 0 amide bonds. The lowest BCUT2D eigenvalue weighted by atomic mass is 10.1. The van der Waals surface area contributed by atoms with Gasteiger partial charge in [-0.3, -0.25) is 5.43 Å². The summed E-state index contributed by atoms with van der Waals surface area (Å²) in [6, 6.07) is 3.39. The van der Waals surface area contributed by atoms with Crippen molar-refractivity contribution in [2.45, 2.75) is 6.43 Å². The van der Waals surface area contributed by atoms with E-state index in [0.717, 1.165) is 18.3 Å². The van der Waals surface area contributed by atoms with Crippen molar-refractivity contribution in [2.24, 2.45) is 10.8 Å². The number of nitrogens with two attached hydrogens (primary N) is 1. The molecule has 0 radical (unpaired) electrons. The molecule has 0 heterocycles. The number of rotatable bonds is 3. The highest BCUT2D eigenvalue weighted by atomic mass is 32.1. The minimum Gasteiger partial charge on any atom is -0.375 e. The number of thiocarbonyl (C=S) groups is 1. The van der Waals surface area contributed by atoms with Crippen molar-refractivity contribution in [1.29, 1.82) is 0 Å². The quantitative estimate of drug-likeness (QED) is 0.487. The van der Waals surface area contributed by atoms with E-state index in [9.17, 15) is 13.2 Å². The molecule has 1 rings (SSSR count). The first-order valence-corrected chi connectivity index (χ1v) is 4.58. The summed E-state index contributed by atoms with van der Waals surface area (Å²) in [6.07, 6.45) is -1.86. The van der Waals surface area contributed by atoms with Crippen molar-refractivity contribution < 1.29 is 13.2 Å². The molecule has 0 fully saturated rings. The molecule has 0 aromatic heterocycles. The predicted molar refractivity (Wildman–Crippen MR) is 58.9 cm³/mol. The van der Waals surface area contributed by atoms with Crippen molar-refractivity contribution in [2.75, 3.05) is 0 Å². The maximum Gasteiger partial charge on any atom is 0.264 e. The number of benzene rings is 1. The number of nitrogens with zero attached hydrogens (tertiary/aromatic N) is 1. The van der Waals surface area contributed by atoms with Crippen LogP contribution in [0.5, 0.6) is 0 Å². The molecule has 1 aromatic rings. The van der Waals surface area contributed by atoms with Gasteiger partial charge in [0.1, 0.15) is 5.82 Å². The smallest absolute Gasteiger partial charge is 0.264 e. The fourth-order valence-corrected chi connectivity index (χ4v) is 1.09. The molecule has 3 N–H and O–H groups in total. The Hall–Kier alpha value is -1.63. The van der Waals surface area contributed by atoms with Crippen LogP contribution < -0.4 is 11.2 Å². The lowest BCUT2D eigenvalue weighted by molar-refractivity contribution is 0.151. The predicted octanol–water partition coefficient (Wildman–Crippen LogP) is 1.93. The average Bonchev–Trinajstić information content (AvgIpc) is 2.19. The Morgan fingerprint density at radius 2 is 2.19 bits per heavy atom. The minimum atomic E-state index is -2.78. The number of hydrogen-bond acceptors (Lipinski definition) is 2. The second kappa shape index (κ2) is 5.45. The molecule has 0 aliphatic heterocycles. The van der Waals surface area contributed by atoms with E-state index in [1.165, 1.54) is 6.07 Å². The number of nitrogens with one attached hydrogen (secondary N) is 1. The number of alkyl halides is 2. The standard InChI is InChI=1S/C9H8F3N3S/c10-7-3-1-2-5(8(11)12)6(7)4-14-15-9(13)16/h1-4,8H,(H3,13,15,16). The second-order valence-corrected chi connectivity index (χ2v) is 3.22. The van der Waals surface area contributed by atoms with Crippen LogP contribution in [0.3, 0.4) is 0 Å². The SMILES string of the molecule is NC(=S)NN=Cc1c(F)cccc1C(F)F. The molecule has 7 heteroatoms. The molecule has 0 saturated heterocycles. The van der Waals surface area contributed by atoms with Crippen LogP contribution in [0.4, 0.5) is 13.2 Å². The molecule has 0 atom stereocenters. The van der Waals surface area contributed by atoms with E-state index in [1.54, 1.807) is 0 Å². The van der Waals surface area contributed by atoms with E-state index < -0.39 is 17.8 Å². The van der Waals surface area contributed by atoms with Crippen LogP contribution in [0.2, 0.25) is 0 Å². The van der Waals surface area contributed by atoms with Crippen LogP contribution in [0.15, 0.2) is 23.3 Å². The first kappa shape index (κ1) is 12.4. The van der Waals surface area contributed by atoms with Crippen LogP contribution in [0.25, 0.3) is 0 Å². The van der Waals surface area contributed by atoms with Gasteiger partial charge < -0.3 is 5.73 Å². The summed E-state index contributed by atoms with van der Waals surface area (Å²) in [5, 5.41) is 3.30. The molecule has 0 spiro atoms. The fraction of sp³-hybridized carbons (Fsp3) is 0.111. The van der Waals surface area contributed by atoms with E-state index in [4.69, 9.17) is 5.73 Å². The van der Waals surface area contributed by atoms with Gasteiger partial charge in [-0.25, -0.2) is 13.2 Å². The summed E-state index contributed by atoms with van der Waals surface area (Å²) in [6.45, 7) is 0. The third-order valence-corrected chi connectivity index (χ3v) is 1.78. The molecule has 0 aliphatic rings. The first-order chi connectivity index (χ1) is 7.52. The van der Waals surface area contributed by atoms with Gasteiger partial charge in [-0.1, -0.05) is 12.1 Å². The van der Waals surface area contributed by atoms with Crippen LogP contribution in [-0.2, 0) is 0 Å². The zero-order valence-corrected chi connectivity index (χ0v) is 8.77. The Labute approximate surface area is 95.1 Å². The summed E-state index contributed by atoms with van der Waals surface area (Å²) in [5.74, 6) is -0.786. The van der Waals surface area contributed by atoms with Crippen LogP contribution in [-0.4, -0.2) is 11.3 Å². The topological polar surface area (TPSA) is 50.4 Å². The van der Waals surface area contributed by atoms with Gasteiger partial charge >= 0.3 is 0 Å². The Morgan fingerprint density at radius 3 is 2.75 bits per heavy atom. The zero-order valence-electron chi connectivity index (χ0n) is 7.95. The minimum absolute atomic E-state index is 0.133. The molecule has 3 nitrogen and oxygen atoms in total. The van der Waals surface area contributed by atoms with Gasteiger partial charge in [0.05, 0.1) is 6.21 Å². The number of hydrogen-bond donors (Lipinski definition) is 2. The van der Waals surface area contributed by atoms with E-state index in [2.05, 4.69) is 22.7 Å². The number of halogens is 3. The van der Waals surface area contributed by atoms with Gasteiger partial charge in [0.25, 0.3) is 6.43 Å². The second-order valence-electron chi connectivity index (χ2n) is 2.78. The van der Waals surface area contributed by atoms with Gasteiger partial charge in [-0.2, -0.15) is 5.10 Å². The number of hydrazone groups is 1.